The summed E-state index contributed by atoms with van der Waals surface area (Å²) >= 11 is 6.13. The van der Waals surface area contributed by atoms with Gasteiger partial charge >= 0.3 is 5.97 Å². The lowest BCUT2D eigenvalue weighted by Gasteiger charge is -2.03. The highest BCUT2D eigenvalue weighted by Gasteiger charge is 2.22. The zero-order valence-electron chi connectivity index (χ0n) is 10.8. The lowest BCUT2D eigenvalue weighted by atomic mass is 10.2. The van der Waals surface area contributed by atoms with Crippen LogP contribution in [0.15, 0.2) is 24.3 Å². The minimum absolute atomic E-state index is 0.0240. The zero-order valence-corrected chi connectivity index (χ0v) is 11.6. The van der Waals surface area contributed by atoms with Gasteiger partial charge in [0.25, 0.3) is 0 Å². The predicted molar refractivity (Wildman–Crippen MR) is 74.2 cm³/mol. The van der Waals surface area contributed by atoms with E-state index in [1.165, 1.54) is 4.68 Å². The summed E-state index contributed by atoms with van der Waals surface area (Å²) in [6.45, 7) is 1.94. The van der Waals surface area contributed by atoms with Crippen molar-refractivity contribution in [3.05, 3.63) is 46.2 Å². The maximum Gasteiger partial charge on any atom is 0.340 e. The minimum atomic E-state index is -1.10. The molecule has 6 heteroatoms. The Balaban J connectivity index is 2.60. The van der Waals surface area contributed by atoms with Gasteiger partial charge in [-0.2, -0.15) is 10.4 Å². The summed E-state index contributed by atoms with van der Waals surface area (Å²) in [5.41, 5.74) is 1.50. The van der Waals surface area contributed by atoms with Gasteiger partial charge < -0.3 is 5.11 Å². The van der Waals surface area contributed by atoms with Gasteiger partial charge in [-0.05, 0) is 24.6 Å². The van der Waals surface area contributed by atoms with Crippen LogP contribution in [0.25, 0.3) is 5.69 Å². The molecule has 0 radical (unpaired) electrons. The van der Waals surface area contributed by atoms with Gasteiger partial charge in [-0.15, -0.1) is 0 Å². The van der Waals surface area contributed by atoms with Crippen molar-refractivity contribution in [1.29, 1.82) is 5.26 Å². The average Bonchev–Trinajstić information content (AvgIpc) is 2.76. The molecule has 0 unspecified atom stereocenters. The van der Waals surface area contributed by atoms with Crippen LogP contribution in [-0.4, -0.2) is 20.9 Å². The standard InChI is InChI=1S/C14H12ClN3O2/c1-2-4-11-12(14(19)20)13(15)18(17-11)10-6-3-5-9(7-10)8-16/h3,5-7H,2,4H2,1H3,(H,19,20). The van der Waals surface area contributed by atoms with Crippen LogP contribution in [0.4, 0.5) is 0 Å². The molecule has 1 aromatic heterocycles. The highest BCUT2D eigenvalue weighted by Crippen LogP contribution is 2.25. The first-order valence-electron chi connectivity index (χ1n) is 6.09. The topological polar surface area (TPSA) is 78.9 Å². The van der Waals surface area contributed by atoms with Gasteiger partial charge in [-0.3, -0.25) is 0 Å². The first kappa shape index (κ1) is 14.1. The number of aromatic nitrogens is 2. The molecule has 20 heavy (non-hydrogen) atoms. The minimum Gasteiger partial charge on any atom is -0.478 e. The lowest BCUT2D eigenvalue weighted by Crippen LogP contribution is -2.00. The molecule has 2 aromatic rings. The summed E-state index contributed by atoms with van der Waals surface area (Å²) in [7, 11) is 0. The number of hydrogen-bond donors (Lipinski definition) is 1. The van der Waals surface area contributed by atoms with Crippen LogP contribution >= 0.6 is 11.6 Å². The Kier molecular flexibility index (Phi) is 4.06. The van der Waals surface area contributed by atoms with Gasteiger partial charge in [0.05, 0.1) is 23.0 Å². The van der Waals surface area contributed by atoms with Crippen LogP contribution in [0.3, 0.4) is 0 Å². The maximum atomic E-state index is 11.3. The van der Waals surface area contributed by atoms with Crippen LogP contribution < -0.4 is 0 Å². The fourth-order valence-electron chi connectivity index (χ4n) is 1.94. The molecule has 0 saturated carbocycles. The molecular formula is C14H12ClN3O2. The van der Waals surface area contributed by atoms with Gasteiger partial charge in [-0.1, -0.05) is 31.0 Å². The van der Waals surface area contributed by atoms with E-state index in [1.807, 2.05) is 13.0 Å². The number of carbonyl (C=O) groups is 1. The Labute approximate surface area is 121 Å². The Morgan fingerprint density at radius 3 is 2.90 bits per heavy atom. The number of nitrogens with zero attached hydrogens (tertiary/aromatic N) is 3. The predicted octanol–water partition coefficient (Wildman–Crippen LogP) is 3.05. The van der Waals surface area contributed by atoms with Gasteiger partial charge in [0.15, 0.2) is 0 Å². The second-order valence-corrected chi connectivity index (χ2v) is 4.60. The third-order valence-corrected chi connectivity index (χ3v) is 3.17. The van der Waals surface area contributed by atoms with Crippen molar-refractivity contribution in [3.8, 4) is 11.8 Å². The molecule has 2 rings (SSSR count). The largest absolute Gasteiger partial charge is 0.478 e. The molecule has 0 bridgehead atoms. The van der Waals surface area contributed by atoms with Gasteiger partial charge in [-0.25, -0.2) is 9.48 Å². The molecular weight excluding hydrogens is 278 g/mol. The quantitative estimate of drug-likeness (QED) is 0.938. The van der Waals surface area contributed by atoms with Gasteiger partial charge in [0.1, 0.15) is 10.7 Å². The van der Waals surface area contributed by atoms with Gasteiger partial charge in [0, 0.05) is 0 Å². The van der Waals surface area contributed by atoms with Crippen molar-refractivity contribution in [1.82, 2.24) is 9.78 Å². The number of halogens is 1. The Bertz CT molecular complexity index is 701. The van der Waals surface area contributed by atoms with E-state index in [-0.39, 0.29) is 10.7 Å². The van der Waals surface area contributed by atoms with Crippen molar-refractivity contribution < 1.29 is 9.90 Å². The molecule has 1 heterocycles. The van der Waals surface area contributed by atoms with E-state index in [2.05, 4.69) is 5.10 Å². The second kappa shape index (κ2) is 5.76. The zero-order chi connectivity index (χ0) is 14.7. The normalized spacial score (nSPS) is 10.2. The van der Waals surface area contributed by atoms with Crippen LogP contribution in [0.5, 0.6) is 0 Å². The van der Waals surface area contributed by atoms with Crippen LogP contribution in [0, 0.1) is 11.3 Å². The number of aromatic carboxylic acids is 1. The van der Waals surface area contributed by atoms with Crippen molar-refractivity contribution in [2.75, 3.05) is 0 Å². The van der Waals surface area contributed by atoms with Crippen molar-refractivity contribution in [2.45, 2.75) is 19.8 Å². The highest BCUT2D eigenvalue weighted by atomic mass is 35.5. The van der Waals surface area contributed by atoms with Crippen LogP contribution in [0.2, 0.25) is 5.15 Å². The molecule has 0 atom stereocenters. The molecule has 0 spiro atoms. The van der Waals surface area contributed by atoms with Crippen LogP contribution in [-0.2, 0) is 6.42 Å². The summed E-state index contributed by atoms with van der Waals surface area (Å²) < 4.78 is 1.36. The summed E-state index contributed by atoms with van der Waals surface area (Å²) in [5.74, 6) is -1.10. The Morgan fingerprint density at radius 1 is 1.55 bits per heavy atom. The molecule has 0 aliphatic carbocycles. The van der Waals surface area contributed by atoms with E-state index >= 15 is 0 Å². The number of nitriles is 1. The Hall–Kier alpha value is -2.32. The van der Waals surface area contributed by atoms with Crippen molar-refractivity contribution >= 4 is 17.6 Å². The molecule has 5 nitrogen and oxygen atoms in total. The summed E-state index contributed by atoms with van der Waals surface area (Å²) in [6, 6.07) is 8.72. The molecule has 1 N–H and O–H groups in total. The molecule has 0 saturated heterocycles. The van der Waals surface area contributed by atoms with Crippen molar-refractivity contribution in [2.24, 2.45) is 0 Å². The number of carboxylic acids is 1. The monoisotopic (exact) mass is 289 g/mol. The summed E-state index contributed by atoms with van der Waals surface area (Å²) in [4.78, 5) is 11.3. The maximum absolute atomic E-state index is 11.3. The third-order valence-electron chi connectivity index (χ3n) is 2.82. The number of rotatable bonds is 4. The number of aryl methyl sites for hydroxylation is 1. The van der Waals surface area contributed by atoms with E-state index < -0.39 is 5.97 Å². The SMILES string of the molecule is CCCc1nn(-c2cccc(C#N)c2)c(Cl)c1C(=O)O. The van der Waals surface area contributed by atoms with E-state index in [9.17, 15) is 9.90 Å². The van der Waals surface area contributed by atoms with E-state index in [1.54, 1.807) is 24.3 Å². The second-order valence-electron chi connectivity index (χ2n) is 4.24. The fraction of sp³-hybridized carbons (Fsp3) is 0.214. The smallest absolute Gasteiger partial charge is 0.340 e. The molecule has 1 aromatic carbocycles. The number of carboxylic acid groups (broad SMARTS) is 1. The fourth-order valence-corrected chi connectivity index (χ4v) is 2.27. The molecule has 102 valence electrons. The Morgan fingerprint density at radius 2 is 2.30 bits per heavy atom. The van der Waals surface area contributed by atoms with Crippen LogP contribution in [0.1, 0.15) is 35.0 Å². The first-order chi connectivity index (χ1) is 9.58. The number of benzene rings is 1. The molecule has 0 fully saturated rings. The first-order valence-corrected chi connectivity index (χ1v) is 6.47. The highest BCUT2D eigenvalue weighted by molar-refractivity contribution is 6.33. The van der Waals surface area contributed by atoms with E-state index in [4.69, 9.17) is 16.9 Å². The van der Waals surface area contributed by atoms with E-state index in [0.717, 1.165) is 6.42 Å². The average molecular weight is 290 g/mol. The summed E-state index contributed by atoms with van der Waals surface area (Å²) in [6.07, 6.45) is 1.30. The third kappa shape index (κ3) is 2.51. The number of hydrogen-bond acceptors (Lipinski definition) is 3. The lowest BCUT2D eigenvalue weighted by molar-refractivity contribution is 0.0696. The van der Waals surface area contributed by atoms with Gasteiger partial charge in [0.2, 0.25) is 0 Å². The molecule has 0 aliphatic heterocycles. The van der Waals surface area contributed by atoms with E-state index in [0.29, 0.717) is 23.4 Å². The molecule has 0 amide bonds. The van der Waals surface area contributed by atoms with Crippen molar-refractivity contribution in [3.63, 3.8) is 0 Å². The molecule has 0 aliphatic rings. The summed E-state index contributed by atoms with van der Waals surface area (Å²) in [5, 5.41) is 22.5.